The van der Waals surface area contributed by atoms with Gasteiger partial charge in [-0.15, -0.1) is 0 Å². The van der Waals surface area contributed by atoms with E-state index in [2.05, 4.69) is 9.97 Å². The van der Waals surface area contributed by atoms with E-state index < -0.39 is 11.2 Å². The number of fused-ring (bicyclic) bond motifs is 2. The molecule has 5 heterocycles. The summed E-state index contributed by atoms with van der Waals surface area (Å²) >= 11 is 0. The molecule has 47 heavy (non-hydrogen) atoms. The highest BCUT2D eigenvalue weighted by Gasteiger charge is 2.36. The van der Waals surface area contributed by atoms with E-state index in [1.165, 1.54) is 0 Å². The minimum absolute atomic E-state index is 0.150. The van der Waals surface area contributed by atoms with Crippen molar-refractivity contribution in [3.8, 4) is 22.6 Å². The number of imidazole rings is 2. The molecule has 246 valence electrons. The fourth-order valence-corrected chi connectivity index (χ4v) is 6.51. The Morgan fingerprint density at radius 3 is 1.53 bits per heavy atom. The average molecular weight is 639 g/mol. The second-order valence-corrected chi connectivity index (χ2v) is 14.5. The van der Waals surface area contributed by atoms with Crippen LogP contribution in [0, 0.1) is 0 Å². The molecule has 2 aliphatic heterocycles. The first-order valence-electron chi connectivity index (χ1n) is 16.4. The van der Waals surface area contributed by atoms with Crippen LogP contribution in [0.2, 0.25) is 0 Å². The third-order valence-electron chi connectivity index (χ3n) is 8.57. The predicted octanol–water partition coefficient (Wildman–Crippen LogP) is 8.51. The van der Waals surface area contributed by atoms with Crippen LogP contribution in [0.1, 0.15) is 91.0 Å². The molecule has 2 aromatic carbocycles. The van der Waals surface area contributed by atoms with Crippen molar-refractivity contribution in [1.29, 1.82) is 0 Å². The van der Waals surface area contributed by atoms with Crippen LogP contribution >= 0.6 is 0 Å². The number of nitrogens with zero attached hydrogens (tertiary/aromatic N) is 4. The maximum Gasteiger partial charge on any atom is 0.410 e. The van der Waals surface area contributed by atoms with Gasteiger partial charge in [-0.1, -0.05) is 0 Å². The molecular formula is C36H42N6O5. The van der Waals surface area contributed by atoms with Gasteiger partial charge >= 0.3 is 12.2 Å². The van der Waals surface area contributed by atoms with Gasteiger partial charge in [0.05, 0.1) is 34.2 Å². The second kappa shape index (κ2) is 11.5. The lowest BCUT2D eigenvalue weighted by Crippen LogP contribution is -2.36. The van der Waals surface area contributed by atoms with E-state index in [1.54, 1.807) is 9.80 Å². The number of H-pyrrole nitrogens is 2. The van der Waals surface area contributed by atoms with Crippen molar-refractivity contribution >= 4 is 34.3 Å². The summed E-state index contributed by atoms with van der Waals surface area (Å²) in [5.41, 5.74) is 4.16. The van der Waals surface area contributed by atoms with Crippen molar-refractivity contribution in [2.45, 2.75) is 90.5 Å². The van der Waals surface area contributed by atoms with Gasteiger partial charge in [-0.3, -0.25) is 9.80 Å². The lowest BCUT2D eigenvalue weighted by atomic mass is 10.1. The highest BCUT2D eigenvalue weighted by molar-refractivity contribution is 5.83. The summed E-state index contributed by atoms with van der Waals surface area (Å²) in [6.07, 6.45) is 2.84. The number of furan rings is 1. The van der Waals surface area contributed by atoms with Crippen LogP contribution in [-0.4, -0.2) is 66.2 Å². The Morgan fingerprint density at radius 1 is 0.702 bits per heavy atom. The molecule has 3 aromatic heterocycles. The number of ether oxygens (including phenoxy) is 2. The summed E-state index contributed by atoms with van der Waals surface area (Å²) in [6.45, 7) is 12.6. The Bertz CT molecular complexity index is 1820. The molecule has 0 aliphatic carbocycles. The summed E-state index contributed by atoms with van der Waals surface area (Å²) in [4.78, 5) is 45.8. The van der Waals surface area contributed by atoms with E-state index in [1.807, 2.05) is 90.1 Å². The molecule has 2 amide bonds. The minimum Gasteiger partial charge on any atom is -0.456 e. The van der Waals surface area contributed by atoms with Gasteiger partial charge in [0, 0.05) is 24.2 Å². The van der Waals surface area contributed by atoms with Gasteiger partial charge in [0.25, 0.3) is 0 Å². The number of aromatic nitrogens is 4. The molecule has 2 aliphatic rings. The smallest absolute Gasteiger partial charge is 0.410 e. The Labute approximate surface area is 273 Å². The van der Waals surface area contributed by atoms with Crippen molar-refractivity contribution in [3.05, 3.63) is 60.2 Å². The molecule has 0 spiro atoms. The Balaban J connectivity index is 1.10. The topological polar surface area (TPSA) is 130 Å². The van der Waals surface area contributed by atoms with Crippen LogP contribution in [0.15, 0.2) is 52.9 Å². The van der Waals surface area contributed by atoms with Crippen molar-refractivity contribution in [2.24, 2.45) is 0 Å². The number of hydrogen-bond donors (Lipinski definition) is 2. The van der Waals surface area contributed by atoms with E-state index in [0.717, 1.165) is 82.0 Å². The molecule has 2 saturated heterocycles. The highest BCUT2D eigenvalue weighted by atomic mass is 16.6. The molecule has 2 N–H and O–H groups in total. The monoisotopic (exact) mass is 638 g/mol. The van der Waals surface area contributed by atoms with Gasteiger partial charge in [-0.2, -0.15) is 0 Å². The maximum absolute atomic E-state index is 12.9. The first-order valence-corrected chi connectivity index (χ1v) is 16.4. The third-order valence-corrected chi connectivity index (χ3v) is 8.57. The van der Waals surface area contributed by atoms with E-state index >= 15 is 0 Å². The van der Waals surface area contributed by atoms with Gasteiger partial charge in [0.1, 0.15) is 34.4 Å². The Morgan fingerprint density at radius 2 is 1.13 bits per heavy atom. The first-order chi connectivity index (χ1) is 22.3. The molecule has 0 unspecified atom stereocenters. The van der Waals surface area contributed by atoms with E-state index in [4.69, 9.17) is 23.9 Å². The lowest BCUT2D eigenvalue weighted by Gasteiger charge is -2.27. The molecule has 11 heteroatoms. The summed E-state index contributed by atoms with van der Waals surface area (Å²) < 4.78 is 17.6. The number of aromatic amines is 2. The van der Waals surface area contributed by atoms with Crippen molar-refractivity contribution < 1.29 is 23.5 Å². The molecule has 0 saturated carbocycles. The van der Waals surface area contributed by atoms with E-state index in [9.17, 15) is 9.59 Å². The molecule has 0 radical (unpaired) electrons. The number of hydrogen-bond acceptors (Lipinski definition) is 7. The van der Waals surface area contributed by atoms with Crippen LogP contribution < -0.4 is 0 Å². The maximum atomic E-state index is 12.9. The number of carbonyl (C=O) groups excluding carboxylic acids is 2. The number of amides is 2. The van der Waals surface area contributed by atoms with Crippen LogP contribution in [0.25, 0.3) is 44.7 Å². The summed E-state index contributed by atoms with van der Waals surface area (Å²) in [7, 11) is 0. The number of benzene rings is 2. The standard InChI is InChI=1S/C36H42N6O5/c1-35(2,3)46-33(43)41-17-7-9-27(41)31-37-23-13-11-21(19-25(23)39-31)29-15-16-30(45-29)22-12-14-24-26(20-22)40-32(38-24)28-10-8-18-42(28)34(44)47-36(4,5)6/h11-16,19-20,27-28H,7-10,17-18H2,1-6H3,(H,37,39)(H,38,40)/t27-,28-/m0/s1. The normalized spacial score (nSPS) is 18.9. The zero-order valence-electron chi connectivity index (χ0n) is 27.8. The van der Waals surface area contributed by atoms with Gasteiger partial charge in [-0.05, 0) is 116 Å². The lowest BCUT2D eigenvalue weighted by molar-refractivity contribution is 0.0208. The van der Waals surface area contributed by atoms with Crippen LogP contribution in [0.5, 0.6) is 0 Å². The summed E-state index contributed by atoms with van der Waals surface area (Å²) in [5.74, 6) is 3.00. The van der Waals surface area contributed by atoms with Crippen molar-refractivity contribution in [3.63, 3.8) is 0 Å². The molecule has 2 atom stereocenters. The number of carbonyl (C=O) groups is 2. The molecule has 7 rings (SSSR count). The molecular weight excluding hydrogens is 596 g/mol. The fraction of sp³-hybridized carbons (Fsp3) is 0.444. The van der Waals surface area contributed by atoms with Crippen LogP contribution in [0.4, 0.5) is 9.59 Å². The first kappa shape index (κ1) is 30.8. The predicted molar refractivity (Wildman–Crippen MR) is 179 cm³/mol. The van der Waals surface area contributed by atoms with Gasteiger partial charge < -0.3 is 23.9 Å². The van der Waals surface area contributed by atoms with E-state index in [-0.39, 0.29) is 24.3 Å². The Kier molecular flexibility index (Phi) is 7.52. The van der Waals surface area contributed by atoms with Crippen LogP contribution in [-0.2, 0) is 9.47 Å². The highest BCUT2D eigenvalue weighted by Crippen LogP contribution is 2.36. The van der Waals surface area contributed by atoms with Crippen LogP contribution in [0.3, 0.4) is 0 Å². The average Bonchev–Trinajstić information content (AvgIpc) is 3.82. The fourth-order valence-electron chi connectivity index (χ4n) is 6.51. The summed E-state index contributed by atoms with van der Waals surface area (Å²) in [6, 6.07) is 15.6. The minimum atomic E-state index is -0.553. The van der Waals surface area contributed by atoms with Crippen molar-refractivity contribution in [1.82, 2.24) is 29.7 Å². The zero-order chi connectivity index (χ0) is 33.1. The number of nitrogens with one attached hydrogen (secondary N) is 2. The van der Waals surface area contributed by atoms with Crippen molar-refractivity contribution in [2.75, 3.05) is 13.1 Å². The van der Waals surface area contributed by atoms with E-state index in [0.29, 0.717) is 13.1 Å². The third kappa shape index (κ3) is 6.31. The quantitative estimate of drug-likeness (QED) is 0.202. The molecule has 2 fully saturated rings. The largest absolute Gasteiger partial charge is 0.456 e. The molecule has 11 nitrogen and oxygen atoms in total. The van der Waals surface area contributed by atoms with Gasteiger partial charge in [0.2, 0.25) is 0 Å². The van der Waals surface area contributed by atoms with Gasteiger partial charge in [-0.25, -0.2) is 19.6 Å². The van der Waals surface area contributed by atoms with Gasteiger partial charge in [0.15, 0.2) is 0 Å². The number of rotatable bonds is 4. The summed E-state index contributed by atoms with van der Waals surface area (Å²) in [5, 5.41) is 0. The number of likely N-dealkylation sites (tertiary alicyclic amines) is 2. The SMILES string of the molecule is CC(C)(C)OC(=O)N1CCC[C@H]1c1nc2ccc(-c3ccc(-c4ccc5nc([C@@H]6CCCN6C(=O)OC(C)(C)C)[nH]c5c4)o3)cc2[nH]1. The molecule has 0 bridgehead atoms. The zero-order valence-corrected chi connectivity index (χ0v) is 27.8. The molecule has 5 aromatic rings. The Hall–Kier alpha value is -4.80. The second-order valence-electron chi connectivity index (χ2n) is 14.5.